The SMILES string of the molecule is CC(C)(C)OC(=O)N1CCN(c2c([N+](=O)[O-])cnc3c(F)c(Br)c(Cl)cc23)C(C(=O)O)C1. The van der Waals surface area contributed by atoms with E-state index in [2.05, 4.69) is 20.9 Å². The summed E-state index contributed by atoms with van der Waals surface area (Å²) in [5.74, 6) is -2.15. The Hall–Kier alpha value is -2.73. The van der Waals surface area contributed by atoms with E-state index >= 15 is 0 Å². The second-order valence-corrected chi connectivity index (χ2v) is 9.31. The van der Waals surface area contributed by atoms with Gasteiger partial charge in [0.2, 0.25) is 0 Å². The molecule has 1 atom stereocenters. The average molecular weight is 534 g/mol. The van der Waals surface area contributed by atoms with Crippen molar-refractivity contribution in [3.05, 3.63) is 37.7 Å². The molecule has 2 heterocycles. The van der Waals surface area contributed by atoms with E-state index in [1.807, 2.05) is 0 Å². The summed E-state index contributed by atoms with van der Waals surface area (Å²) in [6.07, 6.45) is 0.177. The maximum Gasteiger partial charge on any atom is 0.410 e. The summed E-state index contributed by atoms with van der Waals surface area (Å²) in [6, 6.07) is -0.0653. The molecule has 0 radical (unpaired) electrons. The summed E-state index contributed by atoms with van der Waals surface area (Å²) in [7, 11) is 0. The van der Waals surface area contributed by atoms with E-state index < -0.39 is 40.1 Å². The van der Waals surface area contributed by atoms with E-state index in [0.29, 0.717) is 0 Å². The van der Waals surface area contributed by atoms with Gasteiger partial charge >= 0.3 is 17.7 Å². The Bertz CT molecular complexity index is 1130. The number of piperazine rings is 1. The number of rotatable bonds is 3. The number of benzene rings is 1. The monoisotopic (exact) mass is 532 g/mol. The molecule has 1 fully saturated rings. The number of amides is 1. The minimum absolute atomic E-state index is 0.0122. The Balaban J connectivity index is 2.12. The molecular formula is C19H19BrClFN4O6. The van der Waals surface area contributed by atoms with E-state index in [1.54, 1.807) is 20.8 Å². The molecule has 32 heavy (non-hydrogen) atoms. The quantitative estimate of drug-likeness (QED) is 0.353. The van der Waals surface area contributed by atoms with Crippen LogP contribution in [0.15, 0.2) is 16.7 Å². The Morgan fingerprint density at radius 2 is 2.06 bits per heavy atom. The smallest absolute Gasteiger partial charge is 0.410 e. The predicted molar refractivity (Wildman–Crippen MR) is 118 cm³/mol. The van der Waals surface area contributed by atoms with Crippen molar-refractivity contribution < 1.29 is 28.7 Å². The van der Waals surface area contributed by atoms with Gasteiger partial charge in [-0.25, -0.2) is 19.0 Å². The lowest BCUT2D eigenvalue weighted by Gasteiger charge is -2.40. The van der Waals surface area contributed by atoms with Crippen LogP contribution in [-0.4, -0.2) is 63.3 Å². The second-order valence-electron chi connectivity index (χ2n) is 8.11. The Labute approximate surface area is 195 Å². The molecule has 13 heteroatoms. The lowest BCUT2D eigenvalue weighted by Crippen LogP contribution is -2.58. The maximum absolute atomic E-state index is 14.8. The van der Waals surface area contributed by atoms with Crippen molar-refractivity contribution in [1.82, 2.24) is 9.88 Å². The first kappa shape index (κ1) is 23.9. The zero-order chi connectivity index (χ0) is 24.0. The average Bonchev–Trinajstić information content (AvgIpc) is 2.69. The second kappa shape index (κ2) is 8.66. The number of pyridine rings is 1. The molecule has 1 saturated heterocycles. The van der Waals surface area contributed by atoms with E-state index in [-0.39, 0.29) is 45.7 Å². The summed E-state index contributed by atoms with van der Waals surface area (Å²) in [5.41, 5.74) is -1.63. The van der Waals surface area contributed by atoms with Crippen molar-refractivity contribution >= 4 is 61.9 Å². The fourth-order valence-electron chi connectivity index (χ4n) is 3.41. The number of halogens is 3. The molecule has 0 aliphatic carbocycles. The van der Waals surface area contributed by atoms with E-state index in [9.17, 15) is 29.2 Å². The van der Waals surface area contributed by atoms with Crippen LogP contribution in [0.1, 0.15) is 20.8 Å². The number of carbonyl (C=O) groups excluding carboxylic acids is 1. The number of anilines is 1. The number of ether oxygens (including phenoxy) is 1. The van der Waals surface area contributed by atoms with Crippen LogP contribution >= 0.6 is 27.5 Å². The van der Waals surface area contributed by atoms with Crippen LogP contribution in [-0.2, 0) is 9.53 Å². The number of nitrogens with zero attached hydrogens (tertiary/aromatic N) is 4. The van der Waals surface area contributed by atoms with Gasteiger partial charge in [-0.05, 0) is 42.8 Å². The van der Waals surface area contributed by atoms with Gasteiger partial charge in [0, 0.05) is 18.5 Å². The number of carboxylic acids is 1. The summed E-state index contributed by atoms with van der Waals surface area (Å²) in [5, 5.41) is 21.5. The molecule has 3 rings (SSSR count). The third-order valence-electron chi connectivity index (χ3n) is 4.75. The molecule has 0 spiro atoms. The summed E-state index contributed by atoms with van der Waals surface area (Å²) >= 11 is 9.08. The number of carboxylic acid groups (broad SMARTS) is 1. The summed E-state index contributed by atoms with van der Waals surface area (Å²) < 4.78 is 20.0. The predicted octanol–water partition coefficient (Wildman–Crippen LogP) is 4.21. The molecule has 0 bridgehead atoms. The van der Waals surface area contributed by atoms with E-state index in [1.165, 1.54) is 15.9 Å². The van der Waals surface area contributed by atoms with Crippen LogP contribution in [0.4, 0.5) is 20.6 Å². The fraction of sp³-hybridized carbons (Fsp3) is 0.421. The van der Waals surface area contributed by atoms with Gasteiger partial charge in [0.1, 0.15) is 29.0 Å². The first-order chi connectivity index (χ1) is 14.8. The number of fused-ring (bicyclic) bond motifs is 1. The lowest BCUT2D eigenvalue weighted by molar-refractivity contribution is -0.384. The molecule has 1 aliphatic rings. The fourth-order valence-corrected chi connectivity index (χ4v) is 3.90. The molecule has 1 aromatic carbocycles. The highest BCUT2D eigenvalue weighted by molar-refractivity contribution is 9.10. The van der Waals surface area contributed by atoms with Crippen LogP contribution in [0.5, 0.6) is 0 Å². The zero-order valence-corrected chi connectivity index (χ0v) is 19.6. The summed E-state index contributed by atoms with van der Waals surface area (Å²) in [4.78, 5) is 41.8. The molecule has 2 aromatic rings. The molecular weight excluding hydrogens is 515 g/mol. The normalized spacial score (nSPS) is 16.9. The number of hydrogen-bond acceptors (Lipinski definition) is 7. The van der Waals surface area contributed by atoms with Crippen LogP contribution in [0.3, 0.4) is 0 Å². The van der Waals surface area contributed by atoms with Crippen LogP contribution < -0.4 is 4.90 Å². The number of aliphatic carboxylic acids is 1. The van der Waals surface area contributed by atoms with Gasteiger partial charge in [0.15, 0.2) is 5.82 Å². The van der Waals surface area contributed by atoms with Gasteiger partial charge in [0.25, 0.3) is 0 Å². The molecule has 0 saturated carbocycles. The third kappa shape index (κ3) is 4.56. The molecule has 1 aliphatic heterocycles. The highest BCUT2D eigenvalue weighted by atomic mass is 79.9. The number of carbonyl (C=O) groups is 2. The number of hydrogen-bond donors (Lipinski definition) is 1. The maximum atomic E-state index is 14.8. The molecule has 1 amide bonds. The largest absolute Gasteiger partial charge is 0.480 e. The minimum atomic E-state index is -1.36. The van der Waals surface area contributed by atoms with Crippen molar-refractivity contribution in [2.24, 2.45) is 0 Å². The minimum Gasteiger partial charge on any atom is -0.480 e. The van der Waals surface area contributed by atoms with Crippen molar-refractivity contribution in [3.8, 4) is 0 Å². The molecule has 1 unspecified atom stereocenters. The molecule has 1 aromatic heterocycles. The van der Waals surface area contributed by atoms with Crippen molar-refractivity contribution in [2.45, 2.75) is 32.4 Å². The van der Waals surface area contributed by atoms with Gasteiger partial charge in [-0.1, -0.05) is 11.6 Å². The molecule has 1 N–H and O–H groups in total. The van der Waals surface area contributed by atoms with Gasteiger partial charge in [-0.15, -0.1) is 0 Å². The highest BCUT2D eigenvalue weighted by Gasteiger charge is 2.39. The van der Waals surface area contributed by atoms with E-state index in [0.717, 1.165) is 6.20 Å². The van der Waals surface area contributed by atoms with Gasteiger partial charge < -0.3 is 19.6 Å². The third-order valence-corrected chi connectivity index (χ3v) is 6.05. The Morgan fingerprint density at radius 3 is 2.62 bits per heavy atom. The van der Waals surface area contributed by atoms with Crippen molar-refractivity contribution in [3.63, 3.8) is 0 Å². The van der Waals surface area contributed by atoms with Crippen LogP contribution in [0.25, 0.3) is 10.9 Å². The van der Waals surface area contributed by atoms with Crippen molar-refractivity contribution in [2.75, 3.05) is 24.5 Å². The van der Waals surface area contributed by atoms with Crippen molar-refractivity contribution in [1.29, 1.82) is 0 Å². The van der Waals surface area contributed by atoms with Crippen LogP contribution in [0.2, 0.25) is 5.02 Å². The number of nitro groups is 1. The molecule has 10 nitrogen and oxygen atoms in total. The van der Waals surface area contributed by atoms with E-state index in [4.69, 9.17) is 16.3 Å². The van der Waals surface area contributed by atoms with Gasteiger partial charge in [0.05, 0.1) is 21.0 Å². The highest BCUT2D eigenvalue weighted by Crippen LogP contribution is 2.41. The first-order valence-electron chi connectivity index (χ1n) is 9.39. The topological polar surface area (TPSA) is 126 Å². The van der Waals surface area contributed by atoms with Gasteiger partial charge in [-0.3, -0.25) is 10.1 Å². The Morgan fingerprint density at radius 1 is 1.41 bits per heavy atom. The Kier molecular flexibility index (Phi) is 6.47. The molecule has 172 valence electrons. The standard InChI is InChI=1S/C19H19BrClFN4O6/c1-19(2,3)32-18(29)24-4-5-25(12(8-24)17(27)28)16-9-6-10(21)13(20)14(22)15(9)23-7-11(16)26(30)31/h6-7,12H,4-5,8H2,1-3H3,(H,27,28). The summed E-state index contributed by atoms with van der Waals surface area (Å²) in [6.45, 7) is 4.70. The zero-order valence-electron chi connectivity index (χ0n) is 17.3. The number of aromatic nitrogens is 1. The van der Waals surface area contributed by atoms with Gasteiger partial charge in [-0.2, -0.15) is 0 Å². The first-order valence-corrected chi connectivity index (χ1v) is 10.6. The van der Waals surface area contributed by atoms with Crippen LogP contribution in [0, 0.1) is 15.9 Å². The lowest BCUT2D eigenvalue weighted by atomic mass is 10.1.